The molecule has 0 saturated carbocycles. The van der Waals surface area contributed by atoms with Crippen molar-refractivity contribution in [3.63, 3.8) is 0 Å². The van der Waals surface area contributed by atoms with Gasteiger partial charge in [-0.2, -0.15) is 0 Å². The average molecular weight is 400 g/mol. The standard InChI is InChI=1S/C22H33N5S/c1-17-18(2)28-21(26-17)9-12-24-22(23-3)25-15-20-11-14-27(16-20)13-10-19-7-5-4-6-8-19/h4-8,20H,9-16H2,1-3H3,(H2,23,24,25). The van der Waals surface area contributed by atoms with Crippen LogP contribution in [0.3, 0.4) is 0 Å². The third kappa shape index (κ3) is 6.31. The number of nitrogens with zero attached hydrogens (tertiary/aromatic N) is 3. The van der Waals surface area contributed by atoms with E-state index in [0.29, 0.717) is 5.92 Å². The van der Waals surface area contributed by atoms with E-state index in [4.69, 9.17) is 0 Å². The molecule has 5 nitrogen and oxygen atoms in total. The summed E-state index contributed by atoms with van der Waals surface area (Å²) in [5, 5.41) is 8.12. The highest BCUT2D eigenvalue weighted by Gasteiger charge is 2.22. The zero-order valence-corrected chi connectivity index (χ0v) is 18.2. The Morgan fingerprint density at radius 3 is 2.75 bits per heavy atom. The molecule has 1 aliphatic heterocycles. The molecule has 28 heavy (non-hydrogen) atoms. The van der Waals surface area contributed by atoms with Gasteiger partial charge in [0.05, 0.1) is 10.7 Å². The van der Waals surface area contributed by atoms with Gasteiger partial charge in [0, 0.05) is 44.5 Å². The van der Waals surface area contributed by atoms with Crippen LogP contribution in [-0.4, -0.2) is 55.6 Å². The van der Waals surface area contributed by atoms with E-state index >= 15 is 0 Å². The predicted molar refractivity (Wildman–Crippen MR) is 119 cm³/mol. The maximum absolute atomic E-state index is 4.60. The Bertz CT molecular complexity index is 736. The van der Waals surface area contributed by atoms with Crippen LogP contribution < -0.4 is 10.6 Å². The molecule has 6 heteroatoms. The number of thiazole rings is 1. The van der Waals surface area contributed by atoms with Crippen LogP contribution in [0.4, 0.5) is 0 Å². The topological polar surface area (TPSA) is 52.6 Å². The van der Waals surface area contributed by atoms with Gasteiger partial charge in [-0.05, 0) is 44.7 Å². The van der Waals surface area contributed by atoms with Crippen LogP contribution in [0.1, 0.15) is 27.6 Å². The first-order chi connectivity index (χ1) is 13.6. The Hall–Kier alpha value is -1.92. The number of likely N-dealkylation sites (tertiary alicyclic amines) is 1. The highest BCUT2D eigenvalue weighted by atomic mass is 32.1. The maximum Gasteiger partial charge on any atom is 0.191 e. The molecule has 1 aliphatic rings. The molecule has 152 valence electrons. The smallest absolute Gasteiger partial charge is 0.191 e. The fourth-order valence-corrected chi connectivity index (χ4v) is 4.54. The molecule has 0 radical (unpaired) electrons. The van der Waals surface area contributed by atoms with E-state index < -0.39 is 0 Å². The SMILES string of the molecule is CN=C(NCCc1nc(C)c(C)s1)NCC1CCN(CCc2ccccc2)C1. The summed E-state index contributed by atoms with van der Waals surface area (Å²) < 4.78 is 0. The Labute approximate surface area is 173 Å². The van der Waals surface area contributed by atoms with Crippen molar-refractivity contribution >= 4 is 17.3 Å². The summed E-state index contributed by atoms with van der Waals surface area (Å²) in [5.41, 5.74) is 2.58. The number of hydrogen-bond acceptors (Lipinski definition) is 4. The van der Waals surface area contributed by atoms with E-state index in [2.05, 4.69) is 69.7 Å². The van der Waals surface area contributed by atoms with Gasteiger partial charge < -0.3 is 15.5 Å². The molecule has 0 bridgehead atoms. The first-order valence-electron chi connectivity index (χ1n) is 10.3. The summed E-state index contributed by atoms with van der Waals surface area (Å²) in [4.78, 5) is 12.9. The van der Waals surface area contributed by atoms with E-state index in [0.717, 1.165) is 44.1 Å². The van der Waals surface area contributed by atoms with Crippen molar-refractivity contribution in [2.24, 2.45) is 10.9 Å². The minimum atomic E-state index is 0.693. The summed E-state index contributed by atoms with van der Waals surface area (Å²) in [6.07, 6.45) is 3.34. The minimum absolute atomic E-state index is 0.693. The quantitative estimate of drug-likeness (QED) is 0.529. The Balaban J connectivity index is 1.32. The molecule has 1 aromatic heterocycles. The van der Waals surface area contributed by atoms with Crippen molar-refractivity contribution in [1.29, 1.82) is 0 Å². The van der Waals surface area contributed by atoms with Gasteiger partial charge in [0.25, 0.3) is 0 Å². The number of aromatic nitrogens is 1. The van der Waals surface area contributed by atoms with E-state index in [1.807, 2.05) is 7.05 Å². The summed E-state index contributed by atoms with van der Waals surface area (Å²) in [6, 6.07) is 10.8. The molecule has 1 atom stereocenters. The van der Waals surface area contributed by atoms with Crippen molar-refractivity contribution in [3.05, 3.63) is 51.5 Å². The zero-order chi connectivity index (χ0) is 19.8. The number of aryl methyl sites for hydroxylation is 2. The fraction of sp³-hybridized carbons (Fsp3) is 0.545. The fourth-order valence-electron chi connectivity index (χ4n) is 3.61. The molecule has 3 rings (SSSR count). The Morgan fingerprint density at radius 1 is 1.21 bits per heavy atom. The molecular weight excluding hydrogens is 366 g/mol. The van der Waals surface area contributed by atoms with Crippen LogP contribution in [-0.2, 0) is 12.8 Å². The van der Waals surface area contributed by atoms with E-state index in [1.165, 1.54) is 35.0 Å². The lowest BCUT2D eigenvalue weighted by Gasteiger charge is -2.17. The molecule has 2 heterocycles. The molecule has 0 amide bonds. The van der Waals surface area contributed by atoms with E-state index in [1.54, 1.807) is 11.3 Å². The van der Waals surface area contributed by atoms with Gasteiger partial charge in [0.2, 0.25) is 0 Å². The van der Waals surface area contributed by atoms with Crippen LogP contribution in [0.15, 0.2) is 35.3 Å². The zero-order valence-electron chi connectivity index (χ0n) is 17.4. The minimum Gasteiger partial charge on any atom is -0.356 e. The number of guanidine groups is 1. The van der Waals surface area contributed by atoms with E-state index in [-0.39, 0.29) is 0 Å². The summed E-state index contributed by atoms with van der Waals surface area (Å²) >= 11 is 1.79. The van der Waals surface area contributed by atoms with Crippen LogP contribution in [0.5, 0.6) is 0 Å². The van der Waals surface area contributed by atoms with Gasteiger partial charge in [0.15, 0.2) is 5.96 Å². The third-order valence-corrected chi connectivity index (χ3v) is 6.55. The third-order valence-electron chi connectivity index (χ3n) is 5.42. The monoisotopic (exact) mass is 399 g/mol. The van der Waals surface area contributed by atoms with Crippen LogP contribution in [0.2, 0.25) is 0 Å². The van der Waals surface area contributed by atoms with Crippen molar-refractivity contribution in [3.8, 4) is 0 Å². The molecule has 2 N–H and O–H groups in total. The predicted octanol–water partition coefficient (Wildman–Crippen LogP) is 3.03. The largest absolute Gasteiger partial charge is 0.356 e. The van der Waals surface area contributed by atoms with Crippen molar-refractivity contribution in [1.82, 2.24) is 20.5 Å². The number of hydrogen-bond donors (Lipinski definition) is 2. The number of benzene rings is 1. The first-order valence-corrected chi connectivity index (χ1v) is 11.1. The molecule has 2 aromatic rings. The molecule has 0 spiro atoms. The lowest BCUT2D eigenvalue weighted by molar-refractivity contribution is 0.328. The molecule has 0 aliphatic carbocycles. The summed E-state index contributed by atoms with van der Waals surface area (Å²) in [6.45, 7) is 9.59. The second-order valence-corrected chi connectivity index (χ2v) is 8.86. The van der Waals surface area contributed by atoms with Crippen molar-refractivity contribution < 1.29 is 0 Å². The molecule has 1 saturated heterocycles. The average Bonchev–Trinajstić information content (AvgIpc) is 3.29. The van der Waals surface area contributed by atoms with Gasteiger partial charge >= 0.3 is 0 Å². The number of nitrogens with one attached hydrogen (secondary N) is 2. The number of rotatable bonds is 8. The van der Waals surface area contributed by atoms with Crippen LogP contribution in [0, 0.1) is 19.8 Å². The highest BCUT2D eigenvalue weighted by molar-refractivity contribution is 7.11. The van der Waals surface area contributed by atoms with E-state index in [9.17, 15) is 0 Å². The lowest BCUT2D eigenvalue weighted by Crippen LogP contribution is -2.41. The van der Waals surface area contributed by atoms with Gasteiger partial charge in [-0.1, -0.05) is 30.3 Å². The maximum atomic E-state index is 4.60. The van der Waals surface area contributed by atoms with Gasteiger partial charge in [-0.3, -0.25) is 4.99 Å². The Kier molecular flexibility index (Phi) is 7.86. The first kappa shape index (κ1) is 20.8. The second-order valence-electron chi connectivity index (χ2n) is 7.57. The highest BCUT2D eigenvalue weighted by Crippen LogP contribution is 2.17. The van der Waals surface area contributed by atoms with Crippen LogP contribution >= 0.6 is 11.3 Å². The van der Waals surface area contributed by atoms with Gasteiger partial charge in [-0.25, -0.2) is 4.98 Å². The van der Waals surface area contributed by atoms with Crippen molar-refractivity contribution in [2.45, 2.75) is 33.1 Å². The molecular formula is C22H33N5S. The Morgan fingerprint density at radius 2 is 2.04 bits per heavy atom. The normalized spacial score (nSPS) is 17.8. The number of aliphatic imine (C=N–C) groups is 1. The second kappa shape index (κ2) is 10.6. The summed E-state index contributed by atoms with van der Waals surface area (Å²) in [5.74, 6) is 1.59. The summed E-state index contributed by atoms with van der Waals surface area (Å²) in [7, 11) is 1.84. The molecule has 1 unspecified atom stereocenters. The molecule has 1 aromatic carbocycles. The van der Waals surface area contributed by atoms with Crippen LogP contribution in [0.25, 0.3) is 0 Å². The molecule has 1 fully saturated rings. The van der Waals surface area contributed by atoms with Crippen molar-refractivity contribution in [2.75, 3.05) is 39.8 Å². The lowest BCUT2D eigenvalue weighted by atomic mass is 10.1. The van der Waals surface area contributed by atoms with Gasteiger partial charge in [0.1, 0.15) is 0 Å². The van der Waals surface area contributed by atoms with Gasteiger partial charge in [-0.15, -0.1) is 11.3 Å².